The predicted molar refractivity (Wildman–Crippen MR) is 30.3 cm³/mol. The van der Waals surface area contributed by atoms with Crippen molar-refractivity contribution in [2.24, 2.45) is 0 Å². The molecule has 0 atom stereocenters. The highest BCUT2D eigenvalue weighted by Gasteiger charge is 1.82. The van der Waals surface area contributed by atoms with Gasteiger partial charge in [0.25, 0.3) is 0 Å². The van der Waals surface area contributed by atoms with Gasteiger partial charge < -0.3 is 4.52 Å². The van der Waals surface area contributed by atoms with Crippen LogP contribution >= 0.6 is 8.43 Å². The molecule has 0 aromatic rings. The molecule has 36 valence electrons. The Morgan fingerprint density at radius 3 is 2.17 bits per heavy atom. The summed E-state index contributed by atoms with van der Waals surface area (Å²) in [6, 6.07) is 0. The molecule has 0 N–H and O–H groups in total. The van der Waals surface area contributed by atoms with Gasteiger partial charge >= 0.3 is 0 Å². The number of hydrogen-bond acceptors (Lipinski definition) is 1. The molecule has 0 heterocycles. The van der Waals surface area contributed by atoms with E-state index < -0.39 is 0 Å². The van der Waals surface area contributed by atoms with Crippen molar-refractivity contribution in [1.29, 1.82) is 0 Å². The lowest BCUT2D eigenvalue weighted by Crippen LogP contribution is -1.89. The van der Waals surface area contributed by atoms with E-state index in [1.165, 1.54) is 0 Å². The fraction of sp³-hybridized carbons (Fsp3) is 0.750. The van der Waals surface area contributed by atoms with Gasteiger partial charge in [-0.15, -0.1) is 0 Å². The monoisotopic (exact) mass is 104 g/mol. The second kappa shape index (κ2) is 3.32. The minimum absolute atomic E-state index is 0.323. The van der Waals surface area contributed by atoms with Crippen LogP contribution in [0.1, 0.15) is 13.8 Å². The summed E-state index contributed by atoms with van der Waals surface area (Å²) in [6.07, 6.45) is 3.80. The molecular weight excluding hydrogens is 95.0 g/mol. The molecule has 0 unspecified atom stereocenters. The van der Waals surface area contributed by atoms with E-state index >= 15 is 0 Å². The Balaban J connectivity index is 2.81. The zero-order valence-corrected chi connectivity index (χ0v) is 5.03. The van der Waals surface area contributed by atoms with Crippen LogP contribution in [0.4, 0.5) is 0 Å². The maximum Gasteiger partial charge on any atom is 0.0627 e. The molecule has 0 saturated heterocycles. The number of rotatable bonds is 2. The smallest absolute Gasteiger partial charge is 0.0627 e. The molecule has 0 aliphatic carbocycles. The first kappa shape index (κ1) is 6.13. The van der Waals surface area contributed by atoms with Gasteiger partial charge in [0, 0.05) is 8.43 Å². The van der Waals surface area contributed by atoms with Gasteiger partial charge in [0.1, 0.15) is 0 Å². The van der Waals surface area contributed by atoms with Gasteiger partial charge in [-0.1, -0.05) is 0 Å². The van der Waals surface area contributed by atoms with Crippen LogP contribution < -0.4 is 0 Å². The molecule has 0 rings (SSSR count). The average molecular weight is 104 g/mol. The molecule has 1 nitrogen and oxygen atoms in total. The maximum atomic E-state index is 4.90. The van der Waals surface area contributed by atoms with Gasteiger partial charge in [-0.3, -0.25) is 0 Å². The Bertz CT molecular complexity index is 42.8. The Hall–Kier alpha value is 0.130. The van der Waals surface area contributed by atoms with E-state index in [0.717, 1.165) is 8.43 Å². The van der Waals surface area contributed by atoms with E-state index in [1.54, 1.807) is 0 Å². The van der Waals surface area contributed by atoms with E-state index in [1.807, 2.05) is 13.8 Å². The SMILES string of the molecule is C=POC(C)C. The summed E-state index contributed by atoms with van der Waals surface area (Å²) in [7, 11) is 0.774. The molecule has 0 bridgehead atoms. The lowest BCUT2D eigenvalue weighted by Gasteiger charge is -1.94. The molecule has 0 amide bonds. The van der Waals surface area contributed by atoms with E-state index in [9.17, 15) is 0 Å². The minimum Gasteiger partial charge on any atom is -0.324 e. The molecule has 0 aromatic carbocycles. The third-order valence-corrected chi connectivity index (χ3v) is 0.856. The Morgan fingerprint density at radius 2 is 2.17 bits per heavy atom. The summed E-state index contributed by atoms with van der Waals surface area (Å²) >= 11 is 0. The first-order valence-corrected chi connectivity index (χ1v) is 2.89. The van der Waals surface area contributed by atoms with Gasteiger partial charge in [-0.2, -0.15) is 0 Å². The van der Waals surface area contributed by atoms with Crippen molar-refractivity contribution in [1.82, 2.24) is 0 Å². The van der Waals surface area contributed by atoms with Gasteiger partial charge in [0.2, 0.25) is 0 Å². The fourth-order valence-corrected chi connectivity index (χ4v) is 0.447. The summed E-state index contributed by atoms with van der Waals surface area (Å²) in [4.78, 5) is 0. The highest BCUT2D eigenvalue weighted by molar-refractivity contribution is 7.31. The van der Waals surface area contributed by atoms with Gasteiger partial charge in [0.05, 0.1) is 6.10 Å². The fourth-order valence-electron chi connectivity index (χ4n) is 0.149. The molecule has 0 spiro atoms. The average Bonchev–Trinajstić information content (AvgIpc) is 1.35. The van der Waals surface area contributed by atoms with Crippen molar-refractivity contribution in [3.05, 3.63) is 0 Å². The van der Waals surface area contributed by atoms with Crippen LogP contribution in [0.15, 0.2) is 0 Å². The Labute approximate surface area is 40.2 Å². The Morgan fingerprint density at radius 1 is 1.67 bits per heavy atom. The van der Waals surface area contributed by atoms with Gasteiger partial charge in [-0.05, 0) is 20.1 Å². The first-order valence-electron chi connectivity index (χ1n) is 1.89. The Kier molecular flexibility index (Phi) is 3.40. The molecule has 0 aromatic heterocycles. The van der Waals surface area contributed by atoms with Gasteiger partial charge in [0.15, 0.2) is 0 Å². The molecular formula is C4H9OP. The molecule has 0 radical (unpaired) electrons. The zero-order valence-electron chi connectivity index (χ0n) is 4.14. The lowest BCUT2D eigenvalue weighted by atomic mass is 10.5. The predicted octanol–water partition coefficient (Wildman–Crippen LogP) is 1.70. The van der Waals surface area contributed by atoms with Crippen molar-refractivity contribution in [2.45, 2.75) is 20.0 Å². The van der Waals surface area contributed by atoms with Crippen LogP contribution in [0.2, 0.25) is 0 Å². The van der Waals surface area contributed by atoms with Crippen LogP contribution in [-0.4, -0.2) is 12.4 Å². The minimum atomic E-state index is 0.323. The lowest BCUT2D eigenvalue weighted by molar-refractivity contribution is 0.285. The van der Waals surface area contributed by atoms with Crippen molar-refractivity contribution < 1.29 is 4.52 Å². The van der Waals surface area contributed by atoms with E-state index in [2.05, 4.69) is 6.30 Å². The van der Waals surface area contributed by atoms with Crippen molar-refractivity contribution in [3.8, 4) is 0 Å². The second-order valence-electron chi connectivity index (χ2n) is 1.28. The standard InChI is InChI=1S/C4H9OP/c1-4(2)5-6-3/h4H,3H2,1-2H3. The van der Waals surface area contributed by atoms with Crippen LogP contribution in [0.3, 0.4) is 0 Å². The van der Waals surface area contributed by atoms with Crippen molar-refractivity contribution in [3.63, 3.8) is 0 Å². The highest BCUT2D eigenvalue weighted by Crippen LogP contribution is 1.98. The summed E-state index contributed by atoms with van der Waals surface area (Å²) in [5, 5.41) is 0. The molecule has 0 aliphatic heterocycles. The molecule has 0 saturated carbocycles. The van der Waals surface area contributed by atoms with Crippen LogP contribution in [-0.2, 0) is 4.52 Å². The van der Waals surface area contributed by atoms with Crippen LogP contribution in [0, 0.1) is 0 Å². The zero-order chi connectivity index (χ0) is 4.99. The van der Waals surface area contributed by atoms with E-state index in [0.29, 0.717) is 6.10 Å². The molecule has 6 heavy (non-hydrogen) atoms. The second-order valence-corrected chi connectivity index (χ2v) is 1.75. The van der Waals surface area contributed by atoms with E-state index in [4.69, 9.17) is 4.52 Å². The van der Waals surface area contributed by atoms with Crippen molar-refractivity contribution >= 4 is 14.7 Å². The highest BCUT2D eigenvalue weighted by atomic mass is 31.1. The summed E-state index contributed by atoms with van der Waals surface area (Å²) in [5.74, 6) is 0. The maximum absolute atomic E-state index is 4.90. The third kappa shape index (κ3) is 4.13. The third-order valence-electron chi connectivity index (χ3n) is 0.285. The summed E-state index contributed by atoms with van der Waals surface area (Å²) in [6.45, 7) is 3.97. The van der Waals surface area contributed by atoms with Crippen LogP contribution in [0.5, 0.6) is 0 Å². The topological polar surface area (TPSA) is 9.23 Å². The number of hydrogen-bond donors (Lipinski definition) is 0. The van der Waals surface area contributed by atoms with E-state index in [-0.39, 0.29) is 0 Å². The largest absolute Gasteiger partial charge is 0.324 e. The molecule has 2 heteroatoms. The first-order chi connectivity index (χ1) is 2.77. The molecule has 0 aliphatic rings. The van der Waals surface area contributed by atoms with Crippen molar-refractivity contribution in [2.75, 3.05) is 0 Å². The van der Waals surface area contributed by atoms with Gasteiger partial charge in [-0.25, -0.2) is 0 Å². The quantitative estimate of drug-likeness (QED) is 0.484. The summed E-state index contributed by atoms with van der Waals surface area (Å²) < 4.78 is 4.90. The molecule has 0 fully saturated rings. The normalized spacial score (nSPS) is 10.5. The summed E-state index contributed by atoms with van der Waals surface area (Å²) in [5.41, 5.74) is 0. The van der Waals surface area contributed by atoms with Crippen LogP contribution in [0.25, 0.3) is 0 Å².